The highest BCUT2D eigenvalue weighted by molar-refractivity contribution is 6.30. The van der Waals surface area contributed by atoms with Gasteiger partial charge in [-0.1, -0.05) is 23.7 Å². The van der Waals surface area contributed by atoms with Gasteiger partial charge in [0.05, 0.1) is 5.92 Å². The Labute approximate surface area is 259 Å². The number of hydrogen-bond donors (Lipinski definition) is 0. The predicted molar refractivity (Wildman–Crippen MR) is 164 cm³/mol. The van der Waals surface area contributed by atoms with Crippen LogP contribution in [0.25, 0.3) is 0 Å². The van der Waals surface area contributed by atoms with E-state index in [4.69, 9.17) is 16.3 Å². The molecule has 43 heavy (non-hydrogen) atoms. The number of ether oxygens (including phenoxy) is 1. The summed E-state index contributed by atoms with van der Waals surface area (Å²) in [6.07, 6.45) is 2.06. The Hall–Kier alpha value is -2.55. The molecule has 0 N–H and O–H groups in total. The third-order valence-corrected chi connectivity index (χ3v) is 10.6. The van der Waals surface area contributed by atoms with E-state index in [-0.39, 0.29) is 34.7 Å². The van der Waals surface area contributed by atoms with E-state index in [0.717, 1.165) is 11.6 Å². The van der Waals surface area contributed by atoms with Crippen molar-refractivity contribution in [2.24, 2.45) is 5.92 Å². The molecule has 0 saturated carbocycles. The second-order valence-corrected chi connectivity index (χ2v) is 14.5. The lowest BCUT2D eigenvalue weighted by Crippen LogP contribution is -2.58. The third-order valence-electron chi connectivity index (χ3n) is 10.4. The molecule has 2 heterocycles. The number of likely N-dealkylation sites (tertiary alicyclic amines) is 2. The SMILES string of the molecule is COC(C)(C)C(=O)N(C)[C@@H]1Cc2cc(Cl)ccc2C12CCN(C(=O)C1CN(C(C)(C)C)C[C@H]1c1ccc(F)cc1F)CC2. The van der Waals surface area contributed by atoms with Gasteiger partial charge in [0, 0.05) is 74.3 Å². The second kappa shape index (κ2) is 11.4. The maximum absolute atomic E-state index is 15.0. The lowest BCUT2D eigenvalue weighted by molar-refractivity contribution is -0.154. The normalized spacial score (nSPS) is 24.0. The van der Waals surface area contributed by atoms with Crippen LogP contribution in [0.5, 0.6) is 0 Å². The number of hydrogen-bond acceptors (Lipinski definition) is 4. The van der Waals surface area contributed by atoms with E-state index in [1.54, 1.807) is 21.0 Å². The maximum Gasteiger partial charge on any atom is 0.254 e. The Morgan fingerprint density at radius 1 is 1.02 bits per heavy atom. The molecular weight excluding hydrogens is 572 g/mol. The molecule has 1 spiro atoms. The summed E-state index contributed by atoms with van der Waals surface area (Å²) in [5.74, 6) is -2.12. The van der Waals surface area contributed by atoms with Crippen LogP contribution in [-0.4, -0.2) is 84.0 Å². The van der Waals surface area contributed by atoms with Gasteiger partial charge in [0.2, 0.25) is 5.91 Å². The predicted octanol–water partition coefficient (Wildman–Crippen LogP) is 5.80. The van der Waals surface area contributed by atoms with Gasteiger partial charge in [-0.3, -0.25) is 14.5 Å². The molecule has 3 atom stereocenters. The van der Waals surface area contributed by atoms with Crippen molar-refractivity contribution in [3.63, 3.8) is 0 Å². The lowest BCUT2D eigenvalue weighted by atomic mass is 9.70. The Bertz CT molecular complexity index is 1400. The van der Waals surface area contributed by atoms with Crippen molar-refractivity contribution < 1.29 is 23.1 Å². The fourth-order valence-electron chi connectivity index (χ4n) is 7.64. The third kappa shape index (κ3) is 5.71. The maximum atomic E-state index is 15.0. The average Bonchev–Trinajstić information content (AvgIpc) is 3.52. The van der Waals surface area contributed by atoms with Gasteiger partial charge in [0.15, 0.2) is 0 Å². The van der Waals surface area contributed by atoms with Gasteiger partial charge < -0.3 is 14.5 Å². The first kappa shape index (κ1) is 31.9. The zero-order valence-corrected chi connectivity index (χ0v) is 27.1. The highest BCUT2D eigenvalue weighted by Gasteiger charge is 2.53. The first-order chi connectivity index (χ1) is 20.1. The number of rotatable bonds is 5. The molecule has 234 valence electrons. The highest BCUT2D eigenvalue weighted by atomic mass is 35.5. The molecule has 9 heteroatoms. The molecule has 2 fully saturated rings. The quantitative estimate of drug-likeness (QED) is 0.427. The van der Waals surface area contributed by atoms with Gasteiger partial charge in [-0.05, 0) is 88.8 Å². The van der Waals surface area contributed by atoms with Crippen LogP contribution in [0.2, 0.25) is 5.02 Å². The van der Waals surface area contributed by atoms with Crippen LogP contribution in [0.4, 0.5) is 8.78 Å². The van der Waals surface area contributed by atoms with E-state index in [1.165, 1.54) is 17.7 Å². The van der Waals surface area contributed by atoms with Crippen LogP contribution in [0.15, 0.2) is 36.4 Å². The highest BCUT2D eigenvalue weighted by Crippen LogP contribution is 2.50. The summed E-state index contributed by atoms with van der Waals surface area (Å²) >= 11 is 6.40. The zero-order valence-electron chi connectivity index (χ0n) is 26.3. The number of carbonyl (C=O) groups is 2. The molecule has 0 radical (unpaired) electrons. The van der Waals surface area contributed by atoms with Crippen LogP contribution in [0.3, 0.4) is 0 Å². The Morgan fingerprint density at radius 2 is 1.70 bits per heavy atom. The van der Waals surface area contributed by atoms with E-state index < -0.39 is 23.2 Å². The standard InChI is InChI=1S/C34H44ClF2N3O3/c1-32(2,3)40-19-25(24-10-9-23(36)18-28(24)37)26(20-40)30(41)39-14-12-34(13-15-39)27-11-8-22(35)16-21(27)17-29(34)38(6)31(42)33(4,5)43-7/h8-11,16,18,25-26,29H,12-15,17,19-20H2,1-7H3/t25-,26?,29+/m0/s1. The molecule has 2 saturated heterocycles. The van der Waals surface area contributed by atoms with Crippen LogP contribution < -0.4 is 0 Å². The number of carbonyl (C=O) groups excluding carboxylic acids is 2. The number of amides is 2. The summed E-state index contributed by atoms with van der Waals surface area (Å²) < 4.78 is 34.3. The summed E-state index contributed by atoms with van der Waals surface area (Å²) in [6, 6.07) is 9.56. The van der Waals surface area contributed by atoms with Crippen molar-refractivity contribution >= 4 is 23.4 Å². The summed E-state index contributed by atoms with van der Waals surface area (Å²) in [5.41, 5.74) is 1.21. The molecule has 0 bridgehead atoms. The summed E-state index contributed by atoms with van der Waals surface area (Å²) in [7, 11) is 3.39. The van der Waals surface area contributed by atoms with Crippen molar-refractivity contribution in [2.75, 3.05) is 40.3 Å². The lowest BCUT2D eigenvalue weighted by Gasteiger charge is -2.48. The molecule has 2 aromatic carbocycles. The minimum Gasteiger partial charge on any atom is -0.369 e. The number of methoxy groups -OCH3 is 1. The van der Waals surface area contributed by atoms with E-state index in [1.807, 2.05) is 29.0 Å². The van der Waals surface area contributed by atoms with Gasteiger partial charge in [0.25, 0.3) is 5.91 Å². The molecular formula is C34H44ClF2N3O3. The van der Waals surface area contributed by atoms with Crippen molar-refractivity contribution in [3.8, 4) is 0 Å². The topological polar surface area (TPSA) is 53.1 Å². The smallest absolute Gasteiger partial charge is 0.254 e. The minimum atomic E-state index is -0.967. The molecule has 0 aromatic heterocycles. The fraction of sp³-hybridized carbons (Fsp3) is 0.588. The fourth-order valence-corrected chi connectivity index (χ4v) is 7.84. The van der Waals surface area contributed by atoms with Crippen molar-refractivity contribution in [2.45, 2.75) is 82.4 Å². The molecule has 1 unspecified atom stereocenters. The Balaban J connectivity index is 1.42. The van der Waals surface area contributed by atoms with Gasteiger partial charge in [0.1, 0.15) is 17.2 Å². The largest absolute Gasteiger partial charge is 0.369 e. The molecule has 1 aliphatic carbocycles. The number of halogens is 3. The van der Waals surface area contributed by atoms with Crippen LogP contribution in [0.1, 0.15) is 70.1 Å². The first-order valence-electron chi connectivity index (χ1n) is 15.2. The van der Waals surface area contributed by atoms with E-state index in [0.29, 0.717) is 56.0 Å². The summed E-state index contributed by atoms with van der Waals surface area (Å²) in [6.45, 7) is 11.9. The van der Waals surface area contributed by atoms with Crippen molar-refractivity contribution in [3.05, 3.63) is 69.7 Å². The monoisotopic (exact) mass is 615 g/mol. The molecule has 6 nitrogen and oxygen atoms in total. The number of fused-ring (bicyclic) bond motifs is 2. The number of likely N-dealkylation sites (N-methyl/N-ethyl adjacent to an activating group) is 1. The van der Waals surface area contributed by atoms with E-state index >= 15 is 4.39 Å². The minimum absolute atomic E-state index is 0.00569. The first-order valence-corrected chi connectivity index (χ1v) is 15.6. The van der Waals surface area contributed by atoms with Crippen LogP contribution in [-0.2, 0) is 26.2 Å². The number of piperidine rings is 1. The van der Waals surface area contributed by atoms with Gasteiger partial charge in [-0.15, -0.1) is 0 Å². The molecule has 2 amide bonds. The number of nitrogens with zero attached hydrogens (tertiary/aromatic N) is 3. The summed E-state index contributed by atoms with van der Waals surface area (Å²) in [4.78, 5) is 33.8. The van der Waals surface area contributed by atoms with Crippen molar-refractivity contribution in [1.82, 2.24) is 14.7 Å². The van der Waals surface area contributed by atoms with Gasteiger partial charge in [-0.25, -0.2) is 8.78 Å². The van der Waals surface area contributed by atoms with Gasteiger partial charge >= 0.3 is 0 Å². The zero-order chi connectivity index (χ0) is 31.5. The van der Waals surface area contributed by atoms with Crippen LogP contribution in [0, 0.1) is 17.6 Å². The van der Waals surface area contributed by atoms with E-state index in [2.05, 4.69) is 31.7 Å². The molecule has 3 aliphatic rings. The van der Waals surface area contributed by atoms with Gasteiger partial charge in [-0.2, -0.15) is 0 Å². The molecule has 2 aliphatic heterocycles. The van der Waals surface area contributed by atoms with E-state index in [9.17, 15) is 14.0 Å². The van der Waals surface area contributed by atoms with Crippen LogP contribution >= 0.6 is 11.6 Å². The molecule has 5 rings (SSSR count). The summed E-state index contributed by atoms with van der Waals surface area (Å²) in [5, 5.41) is 0.664. The number of benzene rings is 2. The second-order valence-electron chi connectivity index (χ2n) is 14.1. The Morgan fingerprint density at radius 3 is 2.30 bits per heavy atom. The Kier molecular flexibility index (Phi) is 8.47. The average molecular weight is 616 g/mol. The molecule has 2 aromatic rings. The van der Waals surface area contributed by atoms with Crippen molar-refractivity contribution in [1.29, 1.82) is 0 Å².